The van der Waals surface area contributed by atoms with Crippen LogP contribution in [-0.4, -0.2) is 14.5 Å². The third-order valence-electron chi connectivity index (χ3n) is 4.75. The molecule has 2 atom stereocenters. The van der Waals surface area contributed by atoms with Gasteiger partial charge in [0.15, 0.2) is 0 Å². The molecule has 136 valence electrons. The first-order valence-corrected chi connectivity index (χ1v) is 9.56. The summed E-state index contributed by atoms with van der Waals surface area (Å²) >= 11 is 3.45. The van der Waals surface area contributed by atoms with E-state index in [4.69, 9.17) is 0 Å². The zero-order chi connectivity index (χ0) is 18.8. The minimum Gasteiger partial charge on any atom is -0.348 e. The number of hydrogen-bond acceptors (Lipinski definition) is 4. The van der Waals surface area contributed by atoms with Crippen LogP contribution in [0.5, 0.6) is 0 Å². The highest BCUT2D eigenvalue weighted by molar-refractivity contribution is 9.10. The van der Waals surface area contributed by atoms with Gasteiger partial charge in [0.2, 0.25) is 5.95 Å². The van der Waals surface area contributed by atoms with Crippen molar-refractivity contribution >= 4 is 32.9 Å². The van der Waals surface area contributed by atoms with Gasteiger partial charge >= 0.3 is 0 Å². The van der Waals surface area contributed by atoms with Crippen molar-refractivity contribution in [2.45, 2.75) is 39.8 Å². The molecule has 2 heterocycles. The summed E-state index contributed by atoms with van der Waals surface area (Å²) in [7, 11) is 0. The van der Waals surface area contributed by atoms with Crippen molar-refractivity contribution in [2.75, 3.05) is 5.32 Å². The van der Waals surface area contributed by atoms with Crippen molar-refractivity contribution in [2.24, 2.45) is 5.92 Å². The van der Waals surface area contributed by atoms with Gasteiger partial charge in [-0.15, -0.1) is 0 Å². The topological polar surface area (TPSA) is 59.8 Å². The van der Waals surface area contributed by atoms with Gasteiger partial charge in [0.1, 0.15) is 5.65 Å². The molecule has 0 spiro atoms. The molecule has 0 saturated heterocycles. The maximum Gasteiger partial charge on any atom is 0.252 e. The largest absolute Gasteiger partial charge is 0.348 e. The molecule has 0 amide bonds. The Balaban J connectivity index is 1.99. The molecule has 0 bridgehead atoms. The Labute approximate surface area is 161 Å². The van der Waals surface area contributed by atoms with Crippen LogP contribution >= 0.6 is 15.9 Å². The fourth-order valence-electron chi connectivity index (χ4n) is 2.83. The number of fused-ring (bicyclic) bond motifs is 1. The highest BCUT2D eigenvalue weighted by atomic mass is 79.9. The summed E-state index contributed by atoms with van der Waals surface area (Å²) in [5, 5.41) is 4.19. The fourth-order valence-corrected chi connectivity index (χ4v) is 3.09. The number of pyridine rings is 1. The van der Waals surface area contributed by atoms with Gasteiger partial charge in [-0.1, -0.05) is 41.9 Å². The predicted octanol–water partition coefficient (Wildman–Crippen LogP) is 4.94. The molecule has 0 unspecified atom stereocenters. The van der Waals surface area contributed by atoms with Crippen molar-refractivity contribution in [1.82, 2.24) is 14.5 Å². The van der Waals surface area contributed by atoms with Gasteiger partial charge in [-0.25, -0.2) is 4.98 Å². The SMILES string of the molecule is CC(C)[C@H](C)n1c(=O)ccc2cnc(N[C@@H](C)c3ccc(Br)cc3)nc21. The van der Waals surface area contributed by atoms with Gasteiger partial charge in [-0.3, -0.25) is 9.36 Å². The molecule has 3 rings (SSSR count). The number of halogens is 1. The molecule has 0 radical (unpaired) electrons. The zero-order valence-corrected chi connectivity index (χ0v) is 17.0. The summed E-state index contributed by atoms with van der Waals surface area (Å²) in [6.07, 6.45) is 1.77. The van der Waals surface area contributed by atoms with Crippen LogP contribution in [0.3, 0.4) is 0 Å². The summed E-state index contributed by atoms with van der Waals surface area (Å²) < 4.78 is 2.80. The van der Waals surface area contributed by atoms with Gasteiger partial charge in [0.05, 0.1) is 6.04 Å². The molecule has 0 aliphatic rings. The number of rotatable bonds is 5. The van der Waals surface area contributed by atoms with E-state index < -0.39 is 0 Å². The number of nitrogens with zero attached hydrogens (tertiary/aromatic N) is 3. The van der Waals surface area contributed by atoms with E-state index in [9.17, 15) is 4.79 Å². The van der Waals surface area contributed by atoms with E-state index >= 15 is 0 Å². The third-order valence-corrected chi connectivity index (χ3v) is 5.28. The molecule has 0 saturated carbocycles. The lowest BCUT2D eigenvalue weighted by Gasteiger charge is -2.21. The molecule has 0 aliphatic carbocycles. The van der Waals surface area contributed by atoms with Gasteiger partial charge in [-0.2, -0.15) is 4.98 Å². The first-order valence-electron chi connectivity index (χ1n) is 8.77. The van der Waals surface area contributed by atoms with Crippen molar-refractivity contribution in [3.05, 3.63) is 63.0 Å². The molecule has 2 aromatic heterocycles. The monoisotopic (exact) mass is 414 g/mol. The maximum absolute atomic E-state index is 12.4. The average Bonchev–Trinajstić information content (AvgIpc) is 2.61. The van der Waals surface area contributed by atoms with Crippen molar-refractivity contribution in [3.8, 4) is 0 Å². The Morgan fingerprint density at radius 2 is 1.73 bits per heavy atom. The minimum absolute atomic E-state index is 0.0377. The van der Waals surface area contributed by atoms with Crippen LogP contribution in [0.1, 0.15) is 45.3 Å². The standard InChI is InChI=1S/C20H23BrN4O/c1-12(2)14(4)25-18(26)10-7-16-11-22-20(24-19(16)25)23-13(3)15-5-8-17(21)9-6-15/h5-14H,1-4H3,(H,22,23,24)/t13-,14-/m0/s1. The van der Waals surface area contributed by atoms with Crippen molar-refractivity contribution in [1.29, 1.82) is 0 Å². The van der Waals surface area contributed by atoms with Crippen LogP contribution in [0.2, 0.25) is 0 Å². The lowest BCUT2D eigenvalue weighted by molar-refractivity contribution is 0.407. The first kappa shape index (κ1) is 18.6. The summed E-state index contributed by atoms with van der Waals surface area (Å²) in [5.74, 6) is 0.842. The van der Waals surface area contributed by atoms with Crippen LogP contribution < -0.4 is 10.9 Å². The lowest BCUT2D eigenvalue weighted by Crippen LogP contribution is -2.26. The van der Waals surface area contributed by atoms with Gasteiger partial charge in [0, 0.05) is 28.2 Å². The smallest absolute Gasteiger partial charge is 0.252 e. The Hall–Kier alpha value is -2.21. The summed E-state index contributed by atoms with van der Waals surface area (Å²) in [5.41, 5.74) is 1.77. The quantitative estimate of drug-likeness (QED) is 0.641. The minimum atomic E-state index is -0.0377. The molecule has 5 nitrogen and oxygen atoms in total. The Kier molecular flexibility index (Phi) is 5.41. The fraction of sp³-hybridized carbons (Fsp3) is 0.350. The summed E-state index contributed by atoms with van der Waals surface area (Å²) in [6.45, 7) is 8.31. The van der Waals surface area contributed by atoms with E-state index in [-0.39, 0.29) is 17.6 Å². The molecular formula is C20H23BrN4O. The van der Waals surface area contributed by atoms with Gasteiger partial charge < -0.3 is 5.32 Å². The van der Waals surface area contributed by atoms with Crippen LogP contribution in [0, 0.1) is 5.92 Å². The van der Waals surface area contributed by atoms with Gasteiger partial charge in [0.25, 0.3) is 5.56 Å². The Morgan fingerprint density at radius 3 is 2.38 bits per heavy atom. The summed E-state index contributed by atoms with van der Waals surface area (Å²) in [4.78, 5) is 21.5. The molecule has 26 heavy (non-hydrogen) atoms. The normalized spacial score (nSPS) is 13.8. The lowest BCUT2D eigenvalue weighted by atomic mass is 10.1. The number of nitrogens with one attached hydrogen (secondary N) is 1. The number of anilines is 1. The number of benzene rings is 1. The van der Waals surface area contributed by atoms with Crippen LogP contribution in [0.25, 0.3) is 11.0 Å². The Bertz CT molecular complexity index is 966. The number of hydrogen-bond donors (Lipinski definition) is 1. The van der Waals surface area contributed by atoms with E-state index in [0.717, 1.165) is 15.4 Å². The second kappa shape index (κ2) is 7.58. The van der Waals surface area contributed by atoms with Crippen LogP contribution in [-0.2, 0) is 0 Å². The van der Waals surface area contributed by atoms with Crippen LogP contribution in [0.15, 0.2) is 51.9 Å². The Morgan fingerprint density at radius 1 is 1.04 bits per heavy atom. The average molecular weight is 415 g/mol. The first-order chi connectivity index (χ1) is 12.4. The van der Waals surface area contributed by atoms with E-state index in [1.807, 2.05) is 19.1 Å². The second-order valence-electron chi connectivity index (χ2n) is 6.92. The van der Waals surface area contributed by atoms with E-state index in [1.165, 1.54) is 0 Å². The predicted molar refractivity (Wildman–Crippen MR) is 110 cm³/mol. The molecule has 0 fully saturated rings. The van der Waals surface area contributed by atoms with Crippen molar-refractivity contribution in [3.63, 3.8) is 0 Å². The van der Waals surface area contributed by atoms with E-state index in [0.29, 0.717) is 17.5 Å². The molecule has 0 aliphatic heterocycles. The zero-order valence-electron chi connectivity index (χ0n) is 15.4. The molecular weight excluding hydrogens is 392 g/mol. The highest BCUT2D eigenvalue weighted by Gasteiger charge is 2.16. The van der Waals surface area contributed by atoms with Crippen molar-refractivity contribution < 1.29 is 0 Å². The molecule has 3 aromatic rings. The summed E-state index contributed by atoms with van der Waals surface area (Å²) in [6, 6.07) is 11.6. The number of aromatic nitrogens is 3. The van der Waals surface area contributed by atoms with E-state index in [1.54, 1.807) is 22.9 Å². The molecule has 1 N–H and O–H groups in total. The van der Waals surface area contributed by atoms with E-state index in [2.05, 4.69) is 64.1 Å². The highest BCUT2D eigenvalue weighted by Crippen LogP contribution is 2.23. The molecule has 6 heteroatoms. The third kappa shape index (κ3) is 3.80. The molecule has 1 aromatic carbocycles. The second-order valence-corrected chi connectivity index (χ2v) is 7.83. The maximum atomic E-state index is 12.4. The van der Waals surface area contributed by atoms with Gasteiger partial charge in [-0.05, 0) is 43.5 Å². The van der Waals surface area contributed by atoms with Crippen LogP contribution in [0.4, 0.5) is 5.95 Å².